The molecule has 6 heteroatoms. The molecule has 0 atom stereocenters. The van der Waals surface area contributed by atoms with Gasteiger partial charge in [0.05, 0.1) is 0 Å². The van der Waals surface area contributed by atoms with Crippen molar-refractivity contribution < 1.29 is 0 Å². The van der Waals surface area contributed by atoms with Crippen LogP contribution in [0.1, 0.15) is 5.56 Å². The van der Waals surface area contributed by atoms with Crippen LogP contribution in [-0.4, -0.2) is 15.0 Å². The summed E-state index contributed by atoms with van der Waals surface area (Å²) in [5, 5.41) is 3.16. The van der Waals surface area contributed by atoms with Gasteiger partial charge in [0.1, 0.15) is 22.4 Å². The second kappa shape index (κ2) is 4.89. The fourth-order valence-electron chi connectivity index (χ4n) is 1.19. The van der Waals surface area contributed by atoms with Gasteiger partial charge in [-0.2, -0.15) is 0 Å². The topological polar surface area (TPSA) is 76.7 Å². The quantitative estimate of drug-likeness (QED) is 0.897. The molecule has 2 aromatic rings. The zero-order chi connectivity index (χ0) is 11.4. The Morgan fingerprint density at radius 2 is 2.00 bits per heavy atom. The molecule has 0 amide bonds. The van der Waals surface area contributed by atoms with E-state index in [1.807, 2.05) is 12.1 Å². The second-order valence-electron chi connectivity index (χ2n) is 3.13. The molecule has 2 heterocycles. The minimum atomic E-state index is 0.423. The molecule has 0 saturated carbocycles. The Labute approximate surface area is 101 Å². The van der Waals surface area contributed by atoms with Gasteiger partial charge in [-0.25, -0.2) is 9.97 Å². The first kappa shape index (κ1) is 10.8. The third-order valence-corrected chi connectivity index (χ3v) is 2.81. The van der Waals surface area contributed by atoms with Gasteiger partial charge in [0.25, 0.3) is 0 Å². The summed E-state index contributed by atoms with van der Waals surface area (Å²) in [7, 11) is 0. The van der Waals surface area contributed by atoms with Gasteiger partial charge < -0.3 is 11.1 Å². The number of halogens is 1. The van der Waals surface area contributed by atoms with Crippen molar-refractivity contribution in [3.63, 3.8) is 0 Å². The van der Waals surface area contributed by atoms with Crippen LogP contribution in [0, 0.1) is 0 Å². The molecular weight excluding hydrogens is 270 g/mol. The number of nitrogens with one attached hydrogen (secondary N) is 1. The van der Waals surface area contributed by atoms with E-state index >= 15 is 0 Å². The maximum atomic E-state index is 5.64. The first-order valence-electron chi connectivity index (χ1n) is 4.66. The van der Waals surface area contributed by atoms with Gasteiger partial charge in [-0.3, -0.25) is 4.98 Å². The van der Waals surface area contributed by atoms with Gasteiger partial charge in [0.2, 0.25) is 0 Å². The number of hydrogen-bond donors (Lipinski definition) is 2. The zero-order valence-corrected chi connectivity index (χ0v) is 9.98. The summed E-state index contributed by atoms with van der Waals surface area (Å²) in [4.78, 5) is 11.9. The Hall–Kier alpha value is -1.69. The van der Waals surface area contributed by atoms with E-state index in [0.717, 1.165) is 5.56 Å². The molecule has 0 aliphatic carbocycles. The summed E-state index contributed by atoms with van der Waals surface area (Å²) in [6.07, 6.45) is 4.93. The van der Waals surface area contributed by atoms with E-state index in [-0.39, 0.29) is 0 Å². The Bertz CT molecular complexity index is 474. The minimum absolute atomic E-state index is 0.423. The lowest BCUT2D eigenvalue weighted by Gasteiger charge is -2.07. The van der Waals surface area contributed by atoms with E-state index in [1.54, 1.807) is 12.4 Å². The summed E-state index contributed by atoms with van der Waals surface area (Å²) in [5.41, 5.74) is 6.77. The number of rotatable bonds is 3. The van der Waals surface area contributed by atoms with E-state index in [0.29, 0.717) is 22.7 Å². The maximum Gasteiger partial charge on any atom is 0.146 e. The van der Waals surface area contributed by atoms with Crippen molar-refractivity contribution in [2.45, 2.75) is 6.54 Å². The number of hydrogen-bond acceptors (Lipinski definition) is 5. The van der Waals surface area contributed by atoms with E-state index < -0.39 is 0 Å². The van der Waals surface area contributed by atoms with Gasteiger partial charge in [0, 0.05) is 18.9 Å². The lowest BCUT2D eigenvalue weighted by Crippen LogP contribution is -2.04. The highest BCUT2D eigenvalue weighted by atomic mass is 79.9. The number of nitrogen functional groups attached to an aromatic ring is 1. The number of aromatic nitrogens is 3. The SMILES string of the molecule is Nc1ncnc(NCc2ccncc2)c1Br. The van der Waals surface area contributed by atoms with Crippen LogP contribution >= 0.6 is 15.9 Å². The number of pyridine rings is 1. The molecule has 0 bridgehead atoms. The molecule has 2 aromatic heterocycles. The maximum absolute atomic E-state index is 5.64. The number of anilines is 2. The van der Waals surface area contributed by atoms with Crippen LogP contribution in [0.3, 0.4) is 0 Å². The van der Waals surface area contributed by atoms with E-state index in [4.69, 9.17) is 5.73 Å². The molecule has 0 aliphatic heterocycles. The van der Waals surface area contributed by atoms with Crippen molar-refractivity contribution >= 4 is 27.6 Å². The molecule has 5 nitrogen and oxygen atoms in total. The van der Waals surface area contributed by atoms with Crippen LogP contribution in [0.5, 0.6) is 0 Å². The molecule has 0 fully saturated rings. The molecule has 0 radical (unpaired) electrons. The largest absolute Gasteiger partial charge is 0.383 e. The van der Waals surface area contributed by atoms with Crippen LogP contribution in [0.2, 0.25) is 0 Å². The van der Waals surface area contributed by atoms with Gasteiger partial charge in [0.15, 0.2) is 0 Å². The smallest absolute Gasteiger partial charge is 0.146 e. The Balaban J connectivity index is 2.08. The second-order valence-corrected chi connectivity index (χ2v) is 3.92. The van der Waals surface area contributed by atoms with Gasteiger partial charge >= 0.3 is 0 Å². The third kappa shape index (κ3) is 2.46. The fourth-order valence-corrected chi connectivity index (χ4v) is 1.54. The van der Waals surface area contributed by atoms with Gasteiger partial charge in [-0.15, -0.1) is 0 Å². The molecule has 2 rings (SSSR count). The number of nitrogens with two attached hydrogens (primary N) is 1. The van der Waals surface area contributed by atoms with Crippen LogP contribution in [0.25, 0.3) is 0 Å². The van der Waals surface area contributed by atoms with Crippen LogP contribution in [-0.2, 0) is 6.54 Å². The normalized spacial score (nSPS) is 10.1. The first-order valence-corrected chi connectivity index (χ1v) is 5.45. The van der Waals surface area contributed by atoms with Gasteiger partial charge in [-0.1, -0.05) is 0 Å². The van der Waals surface area contributed by atoms with E-state index in [2.05, 4.69) is 36.2 Å². The summed E-state index contributed by atoms with van der Waals surface area (Å²) in [6.45, 7) is 0.664. The molecule has 0 aliphatic rings. The minimum Gasteiger partial charge on any atom is -0.383 e. The molecular formula is C10H10BrN5. The van der Waals surface area contributed by atoms with Crippen molar-refractivity contribution in [2.75, 3.05) is 11.1 Å². The summed E-state index contributed by atoms with van der Waals surface area (Å²) < 4.78 is 0.684. The Morgan fingerprint density at radius 1 is 1.25 bits per heavy atom. The molecule has 0 aromatic carbocycles. The molecule has 16 heavy (non-hydrogen) atoms. The van der Waals surface area contributed by atoms with E-state index in [9.17, 15) is 0 Å². The summed E-state index contributed by atoms with van der Waals surface area (Å²) in [5.74, 6) is 1.11. The molecule has 82 valence electrons. The van der Waals surface area contributed by atoms with E-state index in [1.165, 1.54) is 6.33 Å². The highest BCUT2D eigenvalue weighted by Gasteiger charge is 2.04. The van der Waals surface area contributed by atoms with Crippen molar-refractivity contribution in [2.24, 2.45) is 0 Å². The average Bonchev–Trinajstić information content (AvgIpc) is 2.32. The molecule has 0 saturated heterocycles. The van der Waals surface area contributed by atoms with Crippen LogP contribution in [0.4, 0.5) is 11.6 Å². The highest BCUT2D eigenvalue weighted by molar-refractivity contribution is 9.10. The average molecular weight is 280 g/mol. The fraction of sp³-hybridized carbons (Fsp3) is 0.100. The van der Waals surface area contributed by atoms with Crippen molar-refractivity contribution in [1.82, 2.24) is 15.0 Å². The first-order chi connectivity index (χ1) is 7.77. The van der Waals surface area contributed by atoms with Gasteiger partial charge in [-0.05, 0) is 33.6 Å². The van der Waals surface area contributed by atoms with Crippen molar-refractivity contribution in [3.05, 3.63) is 40.9 Å². The van der Waals surface area contributed by atoms with Crippen LogP contribution in [0.15, 0.2) is 35.3 Å². The summed E-state index contributed by atoms with van der Waals surface area (Å²) in [6, 6.07) is 3.87. The monoisotopic (exact) mass is 279 g/mol. The number of nitrogens with zero attached hydrogens (tertiary/aromatic N) is 3. The predicted molar refractivity (Wildman–Crippen MR) is 65.7 cm³/mol. The third-order valence-electron chi connectivity index (χ3n) is 2.03. The predicted octanol–water partition coefficient (Wildman–Crippen LogP) is 1.83. The molecule has 0 spiro atoms. The standard InChI is InChI=1S/C10H10BrN5/c11-8-9(12)15-6-16-10(8)14-5-7-1-3-13-4-2-7/h1-4,6H,5H2,(H3,12,14,15,16). The Kier molecular flexibility index (Phi) is 3.31. The van der Waals surface area contributed by atoms with Crippen molar-refractivity contribution in [3.8, 4) is 0 Å². The molecule has 0 unspecified atom stereocenters. The Morgan fingerprint density at radius 3 is 2.75 bits per heavy atom. The van der Waals surface area contributed by atoms with Crippen molar-refractivity contribution in [1.29, 1.82) is 0 Å². The highest BCUT2D eigenvalue weighted by Crippen LogP contribution is 2.24. The zero-order valence-electron chi connectivity index (χ0n) is 8.39. The summed E-state index contributed by atoms with van der Waals surface area (Å²) >= 11 is 3.33. The lowest BCUT2D eigenvalue weighted by atomic mass is 10.3. The lowest BCUT2D eigenvalue weighted by molar-refractivity contribution is 1.07. The van der Waals surface area contributed by atoms with Crippen LogP contribution < -0.4 is 11.1 Å². The molecule has 3 N–H and O–H groups in total.